The summed E-state index contributed by atoms with van der Waals surface area (Å²) in [6.07, 6.45) is 3.85. The first-order valence-corrected chi connectivity index (χ1v) is 10.4. The van der Waals surface area contributed by atoms with Crippen LogP contribution in [0.3, 0.4) is 0 Å². The van der Waals surface area contributed by atoms with E-state index in [-0.39, 0.29) is 24.7 Å². The molecule has 1 aromatic rings. The molecule has 1 aromatic carbocycles. The molecule has 0 spiro atoms. The number of thioether (sulfide) groups is 1. The van der Waals surface area contributed by atoms with E-state index in [9.17, 15) is 19.2 Å². The zero-order chi connectivity index (χ0) is 20.5. The molecule has 1 heterocycles. The molecule has 1 aliphatic rings. The summed E-state index contributed by atoms with van der Waals surface area (Å²) >= 11 is 1.65. The summed E-state index contributed by atoms with van der Waals surface area (Å²) in [5.74, 6) is -0.255. The van der Waals surface area contributed by atoms with Crippen LogP contribution in [0.15, 0.2) is 23.1 Å². The number of rotatable bonds is 12. The number of nitrogens with one attached hydrogen (secondary N) is 1. The smallest absolute Gasteiger partial charge is 0.303 e. The molecule has 0 fully saturated rings. The fraction of sp³-hybridized carbons (Fsp3) is 0.500. The van der Waals surface area contributed by atoms with Gasteiger partial charge in [-0.3, -0.25) is 14.4 Å². The molecule has 0 radical (unpaired) electrons. The third kappa shape index (κ3) is 5.82. The Balaban J connectivity index is 1.96. The molecular weight excluding hydrogens is 380 g/mol. The van der Waals surface area contributed by atoms with Crippen LogP contribution < -0.4 is 5.32 Å². The van der Waals surface area contributed by atoms with Gasteiger partial charge < -0.3 is 20.1 Å². The van der Waals surface area contributed by atoms with Gasteiger partial charge in [0.2, 0.25) is 5.91 Å². The largest absolute Gasteiger partial charge is 0.481 e. The second-order valence-corrected chi connectivity index (χ2v) is 7.82. The number of aliphatic carboxylic acids is 1. The average molecular weight is 407 g/mol. The van der Waals surface area contributed by atoms with E-state index in [0.29, 0.717) is 24.9 Å². The Labute approximate surface area is 168 Å². The fourth-order valence-electron chi connectivity index (χ4n) is 3.17. The van der Waals surface area contributed by atoms with Gasteiger partial charge in [-0.2, -0.15) is 0 Å². The number of hydrogen-bond acceptors (Lipinski definition) is 5. The van der Waals surface area contributed by atoms with Crippen molar-refractivity contribution in [1.29, 1.82) is 0 Å². The maximum Gasteiger partial charge on any atom is 0.303 e. The summed E-state index contributed by atoms with van der Waals surface area (Å²) in [6, 6.07) is 4.96. The van der Waals surface area contributed by atoms with E-state index in [2.05, 4.69) is 5.32 Å². The van der Waals surface area contributed by atoms with E-state index in [0.717, 1.165) is 35.3 Å². The van der Waals surface area contributed by atoms with E-state index in [1.54, 1.807) is 24.9 Å². The van der Waals surface area contributed by atoms with Crippen molar-refractivity contribution in [2.75, 3.05) is 12.8 Å². The van der Waals surface area contributed by atoms with Gasteiger partial charge in [-0.1, -0.05) is 12.5 Å². The van der Waals surface area contributed by atoms with Crippen molar-refractivity contribution >= 4 is 35.8 Å². The van der Waals surface area contributed by atoms with Crippen molar-refractivity contribution in [3.05, 3.63) is 29.3 Å². The Morgan fingerprint density at radius 3 is 2.75 bits per heavy atom. The fourth-order valence-corrected chi connectivity index (χ4v) is 4.26. The van der Waals surface area contributed by atoms with E-state index < -0.39 is 12.0 Å². The number of carboxylic acids is 1. The molecule has 7 nitrogen and oxygen atoms in total. The maximum absolute atomic E-state index is 12.7. The summed E-state index contributed by atoms with van der Waals surface area (Å²) in [5.41, 5.74) is 1.54. The van der Waals surface area contributed by atoms with Crippen molar-refractivity contribution in [1.82, 2.24) is 10.2 Å². The normalized spacial score (nSPS) is 13.9. The van der Waals surface area contributed by atoms with Crippen LogP contribution in [0.5, 0.6) is 0 Å². The number of benzene rings is 1. The SMILES string of the molecule is CNC(=O)CCC(C=O)N1Cc2c(SCCCCCC(=O)O)cccc2C1=O. The van der Waals surface area contributed by atoms with Gasteiger partial charge in [-0.15, -0.1) is 11.8 Å². The van der Waals surface area contributed by atoms with E-state index >= 15 is 0 Å². The summed E-state index contributed by atoms with van der Waals surface area (Å²) in [7, 11) is 1.54. The second kappa shape index (κ2) is 10.8. The van der Waals surface area contributed by atoms with E-state index in [1.165, 1.54) is 4.90 Å². The minimum absolute atomic E-state index is 0.157. The van der Waals surface area contributed by atoms with Crippen LogP contribution in [0.2, 0.25) is 0 Å². The number of hydrogen-bond donors (Lipinski definition) is 2. The molecule has 1 aliphatic heterocycles. The summed E-state index contributed by atoms with van der Waals surface area (Å²) in [4.78, 5) is 48.8. The Morgan fingerprint density at radius 2 is 2.07 bits per heavy atom. The molecule has 2 rings (SSSR count). The van der Waals surface area contributed by atoms with Crippen LogP contribution >= 0.6 is 11.8 Å². The Morgan fingerprint density at radius 1 is 1.29 bits per heavy atom. The first kappa shape index (κ1) is 21.9. The Kier molecular flexibility index (Phi) is 8.50. The highest BCUT2D eigenvalue weighted by Crippen LogP contribution is 2.34. The number of carboxylic acid groups (broad SMARTS) is 1. The molecule has 152 valence electrons. The maximum atomic E-state index is 12.7. The Hall–Kier alpha value is -2.35. The lowest BCUT2D eigenvalue weighted by molar-refractivity contribution is -0.137. The molecule has 2 N–H and O–H groups in total. The third-order valence-electron chi connectivity index (χ3n) is 4.75. The highest BCUT2D eigenvalue weighted by atomic mass is 32.2. The zero-order valence-corrected chi connectivity index (χ0v) is 16.8. The van der Waals surface area contributed by atoms with Crippen LogP contribution in [0, 0.1) is 0 Å². The predicted molar refractivity (Wildman–Crippen MR) is 106 cm³/mol. The first-order valence-electron chi connectivity index (χ1n) is 9.41. The molecule has 0 aliphatic carbocycles. The van der Waals surface area contributed by atoms with Crippen molar-refractivity contribution in [3.63, 3.8) is 0 Å². The first-order chi connectivity index (χ1) is 13.5. The standard InChI is InChI=1S/C20H26N2O5S/c1-21-18(24)10-9-14(13-23)22-12-16-15(20(22)27)6-5-7-17(16)28-11-4-2-3-8-19(25)26/h5-7,13-14H,2-4,8-12H2,1H3,(H,21,24)(H,25,26). The average Bonchev–Trinajstić information content (AvgIpc) is 3.02. The van der Waals surface area contributed by atoms with Crippen molar-refractivity contribution in [2.24, 2.45) is 0 Å². The van der Waals surface area contributed by atoms with Crippen molar-refractivity contribution in [2.45, 2.75) is 56.0 Å². The van der Waals surface area contributed by atoms with Gasteiger partial charge in [0.25, 0.3) is 5.91 Å². The van der Waals surface area contributed by atoms with Crippen LogP contribution in [0.1, 0.15) is 54.4 Å². The molecule has 0 aromatic heterocycles. The van der Waals surface area contributed by atoms with Gasteiger partial charge in [0, 0.05) is 36.9 Å². The number of fused-ring (bicyclic) bond motifs is 1. The van der Waals surface area contributed by atoms with E-state index in [1.807, 2.05) is 12.1 Å². The lowest BCUT2D eigenvalue weighted by atomic mass is 10.1. The van der Waals surface area contributed by atoms with Gasteiger partial charge >= 0.3 is 5.97 Å². The van der Waals surface area contributed by atoms with Gasteiger partial charge in [0.05, 0.1) is 6.04 Å². The topological polar surface area (TPSA) is 104 Å². The molecule has 8 heteroatoms. The number of carbonyl (C=O) groups excluding carboxylic acids is 3. The summed E-state index contributed by atoms with van der Waals surface area (Å²) in [6.45, 7) is 0.369. The third-order valence-corrected chi connectivity index (χ3v) is 5.94. The molecule has 0 bridgehead atoms. The monoisotopic (exact) mass is 406 g/mol. The molecule has 2 amide bonds. The van der Waals surface area contributed by atoms with Crippen LogP contribution in [0.25, 0.3) is 0 Å². The van der Waals surface area contributed by atoms with Gasteiger partial charge in [0.1, 0.15) is 6.29 Å². The summed E-state index contributed by atoms with van der Waals surface area (Å²) in [5, 5.41) is 11.2. The number of aldehydes is 1. The van der Waals surface area contributed by atoms with Crippen molar-refractivity contribution in [3.8, 4) is 0 Å². The number of amides is 2. The highest BCUT2D eigenvalue weighted by molar-refractivity contribution is 7.99. The van der Waals surface area contributed by atoms with Gasteiger partial charge in [-0.25, -0.2) is 0 Å². The second-order valence-electron chi connectivity index (χ2n) is 6.68. The predicted octanol–water partition coefficient (Wildman–Crippen LogP) is 2.47. The summed E-state index contributed by atoms with van der Waals surface area (Å²) < 4.78 is 0. The highest BCUT2D eigenvalue weighted by Gasteiger charge is 2.34. The lowest BCUT2D eigenvalue weighted by Gasteiger charge is -2.22. The van der Waals surface area contributed by atoms with Crippen LogP contribution in [0.4, 0.5) is 0 Å². The lowest BCUT2D eigenvalue weighted by Crippen LogP contribution is -2.37. The minimum Gasteiger partial charge on any atom is -0.481 e. The van der Waals surface area contributed by atoms with E-state index in [4.69, 9.17) is 5.11 Å². The molecule has 1 atom stereocenters. The zero-order valence-electron chi connectivity index (χ0n) is 16.0. The van der Waals surface area contributed by atoms with Crippen LogP contribution in [-0.4, -0.2) is 52.9 Å². The minimum atomic E-state index is -0.770. The Bertz CT molecular complexity index is 737. The van der Waals surface area contributed by atoms with Gasteiger partial charge in [-0.05, 0) is 42.7 Å². The van der Waals surface area contributed by atoms with Gasteiger partial charge in [0.15, 0.2) is 0 Å². The number of carbonyl (C=O) groups is 4. The molecule has 28 heavy (non-hydrogen) atoms. The van der Waals surface area contributed by atoms with Crippen LogP contribution in [-0.2, 0) is 20.9 Å². The molecule has 0 saturated carbocycles. The quantitative estimate of drug-likeness (QED) is 0.314. The number of unbranched alkanes of at least 4 members (excludes halogenated alkanes) is 2. The molecular formula is C20H26N2O5S. The molecule has 1 unspecified atom stereocenters. The van der Waals surface area contributed by atoms with Crippen molar-refractivity contribution < 1.29 is 24.3 Å². The number of nitrogens with zero attached hydrogens (tertiary/aromatic N) is 1. The molecule has 0 saturated heterocycles.